The molecule has 0 bridgehead atoms. The maximum atomic E-state index is 6.38. The fourth-order valence-corrected chi connectivity index (χ4v) is 6.56. The summed E-state index contributed by atoms with van der Waals surface area (Å²) in [6, 6.07) is 21.4. The van der Waals surface area contributed by atoms with E-state index in [1.54, 1.807) is 5.56 Å². The standard InChI is InChI=1S/C32H28N2O/c1-18-17-22-15-16-25-30(26-13-8-12-24-23-11-6-7-14-27(23)35-32(24)26)33-20(3)34-31(25)29(22)19(2)28(18)21-9-4-5-10-21/h6-8,11-17,21H,4-5,9-10H2,1-3H3. The van der Waals surface area contributed by atoms with E-state index < -0.39 is 0 Å². The van der Waals surface area contributed by atoms with Crippen LogP contribution in [0.4, 0.5) is 0 Å². The van der Waals surface area contributed by atoms with E-state index in [0.717, 1.165) is 49.9 Å². The van der Waals surface area contributed by atoms with Crippen LogP contribution in [0.25, 0.3) is 54.9 Å². The van der Waals surface area contributed by atoms with E-state index in [0.29, 0.717) is 5.92 Å². The zero-order valence-electron chi connectivity index (χ0n) is 20.5. The fourth-order valence-electron chi connectivity index (χ4n) is 6.56. The number of benzene rings is 4. The zero-order valence-corrected chi connectivity index (χ0v) is 20.5. The molecular formula is C32H28N2O. The van der Waals surface area contributed by atoms with Gasteiger partial charge in [-0.15, -0.1) is 0 Å². The van der Waals surface area contributed by atoms with Crippen molar-refractivity contribution in [2.24, 2.45) is 0 Å². The largest absolute Gasteiger partial charge is 0.455 e. The van der Waals surface area contributed by atoms with Gasteiger partial charge in [-0.25, -0.2) is 9.97 Å². The fraction of sp³-hybridized carbons (Fsp3) is 0.250. The molecule has 1 aliphatic rings. The second-order valence-corrected chi connectivity index (χ2v) is 10.2. The third kappa shape index (κ3) is 3.04. The van der Waals surface area contributed by atoms with Crippen molar-refractivity contribution >= 4 is 43.6 Å². The van der Waals surface area contributed by atoms with E-state index >= 15 is 0 Å². The van der Waals surface area contributed by atoms with Crippen LogP contribution in [0.5, 0.6) is 0 Å². The minimum absolute atomic E-state index is 0.668. The maximum absolute atomic E-state index is 6.38. The van der Waals surface area contributed by atoms with Gasteiger partial charge in [0.1, 0.15) is 17.0 Å². The van der Waals surface area contributed by atoms with Crippen LogP contribution in [0.15, 0.2) is 65.1 Å². The lowest BCUT2D eigenvalue weighted by atomic mass is 9.85. The normalized spacial score (nSPS) is 14.7. The smallest absolute Gasteiger partial charge is 0.144 e. The lowest BCUT2D eigenvalue weighted by Crippen LogP contribution is -2.02. The lowest BCUT2D eigenvalue weighted by molar-refractivity contribution is 0.670. The molecule has 0 saturated heterocycles. The number of hydrogen-bond acceptors (Lipinski definition) is 3. The highest BCUT2D eigenvalue weighted by Gasteiger charge is 2.24. The molecule has 1 fully saturated rings. The number of para-hydroxylation sites is 2. The molecule has 3 heteroatoms. The molecule has 2 heterocycles. The molecule has 0 amide bonds. The number of aromatic nitrogens is 2. The zero-order chi connectivity index (χ0) is 23.7. The second kappa shape index (κ2) is 7.64. The van der Waals surface area contributed by atoms with Crippen LogP contribution in [-0.4, -0.2) is 9.97 Å². The molecule has 2 aromatic heterocycles. The van der Waals surface area contributed by atoms with E-state index in [9.17, 15) is 0 Å². The van der Waals surface area contributed by atoms with Crippen LogP contribution in [0.2, 0.25) is 0 Å². The van der Waals surface area contributed by atoms with Crippen molar-refractivity contribution in [1.29, 1.82) is 0 Å². The van der Waals surface area contributed by atoms with Gasteiger partial charge >= 0.3 is 0 Å². The van der Waals surface area contributed by atoms with Gasteiger partial charge in [0.05, 0.1) is 11.2 Å². The molecule has 0 aliphatic heterocycles. The minimum atomic E-state index is 0.668. The van der Waals surface area contributed by atoms with Gasteiger partial charge in [-0.05, 0) is 79.8 Å². The number of nitrogens with zero attached hydrogens (tertiary/aromatic N) is 2. The summed E-state index contributed by atoms with van der Waals surface area (Å²) in [5, 5.41) is 5.88. The Hall–Kier alpha value is -3.72. The topological polar surface area (TPSA) is 38.9 Å². The van der Waals surface area contributed by atoms with E-state index in [2.05, 4.69) is 62.4 Å². The Bertz CT molecular complexity index is 1790. The van der Waals surface area contributed by atoms with E-state index in [-0.39, 0.29) is 0 Å². The van der Waals surface area contributed by atoms with Gasteiger partial charge in [0, 0.05) is 27.1 Å². The van der Waals surface area contributed by atoms with Crippen LogP contribution in [0.3, 0.4) is 0 Å². The van der Waals surface area contributed by atoms with Crippen molar-refractivity contribution in [3.8, 4) is 11.3 Å². The summed E-state index contributed by atoms with van der Waals surface area (Å²) >= 11 is 0. The molecule has 35 heavy (non-hydrogen) atoms. The Morgan fingerprint density at radius 3 is 2.46 bits per heavy atom. The molecular weight excluding hydrogens is 428 g/mol. The van der Waals surface area contributed by atoms with Crippen molar-refractivity contribution < 1.29 is 4.42 Å². The Labute approximate surface area is 204 Å². The number of fused-ring (bicyclic) bond motifs is 6. The van der Waals surface area contributed by atoms with Gasteiger partial charge in [0.25, 0.3) is 0 Å². The van der Waals surface area contributed by atoms with Crippen molar-refractivity contribution in [2.75, 3.05) is 0 Å². The van der Waals surface area contributed by atoms with Crippen LogP contribution < -0.4 is 0 Å². The quantitative estimate of drug-likeness (QED) is 0.244. The summed E-state index contributed by atoms with van der Waals surface area (Å²) < 4.78 is 6.38. The molecule has 1 aliphatic carbocycles. The van der Waals surface area contributed by atoms with Gasteiger partial charge in [-0.3, -0.25) is 0 Å². The molecule has 1 saturated carbocycles. The molecule has 0 atom stereocenters. The molecule has 0 N–H and O–H groups in total. The lowest BCUT2D eigenvalue weighted by Gasteiger charge is -2.20. The monoisotopic (exact) mass is 456 g/mol. The summed E-state index contributed by atoms with van der Waals surface area (Å²) in [5.41, 5.74) is 9.16. The Balaban J connectivity index is 1.56. The Morgan fingerprint density at radius 1 is 0.800 bits per heavy atom. The molecule has 172 valence electrons. The number of aryl methyl sites for hydroxylation is 3. The molecule has 0 unspecified atom stereocenters. The van der Waals surface area contributed by atoms with E-state index in [4.69, 9.17) is 14.4 Å². The number of rotatable bonds is 2. The third-order valence-corrected chi connectivity index (χ3v) is 8.01. The minimum Gasteiger partial charge on any atom is -0.455 e. The average Bonchev–Trinajstić information content (AvgIpc) is 3.51. The second-order valence-electron chi connectivity index (χ2n) is 10.2. The van der Waals surface area contributed by atoms with Crippen LogP contribution in [-0.2, 0) is 0 Å². The summed E-state index contributed by atoms with van der Waals surface area (Å²) in [7, 11) is 0. The van der Waals surface area contributed by atoms with Gasteiger partial charge in [-0.2, -0.15) is 0 Å². The van der Waals surface area contributed by atoms with Gasteiger partial charge in [-0.1, -0.05) is 55.3 Å². The first-order valence-corrected chi connectivity index (χ1v) is 12.7. The number of furan rings is 1. The highest BCUT2D eigenvalue weighted by Crippen LogP contribution is 2.43. The first-order chi connectivity index (χ1) is 17.1. The van der Waals surface area contributed by atoms with Crippen molar-refractivity contribution in [3.05, 3.63) is 83.2 Å². The highest BCUT2D eigenvalue weighted by molar-refractivity contribution is 6.15. The SMILES string of the molecule is Cc1nc(-c2cccc3c2oc2ccccc23)c2ccc3cc(C)c(C4CCCC4)c(C)c3c2n1. The molecule has 0 radical (unpaired) electrons. The van der Waals surface area contributed by atoms with Gasteiger partial charge < -0.3 is 4.42 Å². The van der Waals surface area contributed by atoms with Crippen LogP contribution in [0.1, 0.15) is 54.1 Å². The first kappa shape index (κ1) is 20.6. The Kier molecular flexibility index (Phi) is 4.51. The molecule has 7 rings (SSSR count). The summed E-state index contributed by atoms with van der Waals surface area (Å²) in [4.78, 5) is 10.0. The molecule has 4 aromatic carbocycles. The van der Waals surface area contributed by atoms with Crippen molar-refractivity contribution in [1.82, 2.24) is 9.97 Å². The molecule has 6 aromatic rings. The van der Waals surface area contributed by atoms with Crippen molar-refractivity contribution in [2.45, 2.75) is 52.4 Å². The predicted octanol–water partition coefficient (Wildman–Crippen LogP) is 8.93. The predicted molar refractivity (Wildman–Crippen MR) is 145 cm³/mol. The van der Waals surface area contributed by atoms with Crippen LogP contribution >= 0.6 is 0 Å². The first-order valence-electron chi connectivity index (χ1n) is 12.7. The summed E-state index contributed by atoms with van der Waals surface area (Å²) in [6.45, 7) is 6.59. The summed E-state index contributed by atoms with van der Waals surface area (Å²) in [5.74, 6) is 1.46. The van der Waals surface area contributed by atoms with E-state index in [1.165, 1.54) is 47.6 Å². The Morgan fingerprint density at radius 2 is 1.60 bits per heavy atom. The average molecular weight is 457 g/mol. The number of hydrogen-bond donors (Lipinski definition) is 0. The highest BCUT2D eigenvalue weighted by atomic mass is 16.3. The molecule has 0 spiro atoms. The van der Waals surface area contributed by atoms with E-state index in [1.807, 2.05) is 19.1 Å². The third-order valence-electron chi connectivity index (χ3n) is 8.01. The summed E-state index contributed by atoms with van der Waals surface area (Å²) in [6.07, 6.45) is 5.27. The van der Waals surface area contributed by atoms with Gasteiger partial charge in [0.2, 0.25) is 0 Å². The van der Waals surface area contributed by atoms with Gasteiger partial charge in [0.15, 0.2) is 0 Å². The molecule has 3 nitrogen and oxygen atoms in total. The maximum Gasteiger partial charge on any atom is 0.144 e. The van der Waals surface area contributed by atoms with Crippen molar-refractivity contribution in [3.63, 3.8) is 0 Å². The van der Waals surface area contributed by atoms with Crippen LogP contribution in [0, 0.1) is 20.8 Å².